The molecule has 0 amide bonds. The first kappa shape index (κ1) is 24.6. The van der Waals surface area contributed by atoms with Crippen molar-refractivity contribution in [2.45, 2.75) is 31.9 Å². The van der Waals surface area contributed by atoms with Crippen LogP contribution in [0.4, 0.5) is 4.39 Å². The van der Waals surface area contributed by atoms with E-state index in [1.807, 2.05) is 18.2 Å². The van der Waals surface area contributed by atoms with Gasteiger partial charge in [0, 0.05) is 30.7 Å². The van der Waals surface area contributed by atoms with E-state index in [1.165, 1.54) is 0 Å². The van der Waals surface area contributed by atoms with Crippen molar-refractivity contribution < 1.29 is 19.0 Å². The average Bonchev–Trinajstić information content (AvgIpc) is 2.87. The van der Waals surface area contributed by atoms with Gasteiger partial charge in [-0.3, -0.25) is 14.7 Å². The summed E-state index contributed by atoms with van der Waals surface area (Å²) >= 11 is 0. The van der Waals surface area contributed by atoms with Gasteiger partial charge in [0.25, 0.3) is 0 Å². The maximum absolute atomic E-state index is 15.4. The van der Waals surface area contributed by atoms with Crippen LogP contribution in [0.2, 0.25) is 0 Å². The molecule has 1 N–H and O–H groups in total. The third-order valence-corrected chi connectivity index (χ3v) is 6.61. The molecule has 1 aliphatic rings. The topological polar surface area (TPSA) is 88.4 Å². The molecule has 182 valence electrons. The molecule has 0 saturated carbocycles. The summed E-state index contributed by atoms with van der Waals surface area (Å²) in [4.78, 5) is 18.0. The molecule has 1 saturated heterocycles. The van der Waals surface area contributed by atoms with E-state index in [9.17, 15) is 9.90 Å². The van der Waals surface area contributed by atoms with Gasteiger partial charge >= 0.3 is 5.97 Å². The molecule has 3 atom stereocenters. The predicted octanol–water partition coefficient (Wildman–Crippen LogP) is 4.29. The second-order valence-electron chi connectivity index (χ2n) is 8.88. The first-order valence-corrected chi connectivity index (χ1v) is 11.8. The van der Waals surface area contributed by atoms with Crippen molar-refractivity contribution in [1.82, 2.24) is 20.1 Å². The van der Waals surface area contributed by atoms with E-state index in [-0.39, 0.29) is 18.3 Å². The van der Waals surface area contributed by atoms with Crippen LogP contribution in [-0.2, 0) is 4.79 Å². The number of carbonyl (C=O) groups is 1. The van der Waals surface area contributed by atoms with Crippen molar-refractivity contribution in [3.05, 3.63) is 60.0 Å². The summed E-state index contributed by atoms with van der Waals surface area (Å²) in [5, 5.41) is 18.0. The molecule has 35 heavy (non-hydrogen) atoms. The Hall–Kier alpha value is -3.57. The van der Waals surface area contributed by atoms with E-state index in [0.717, 1.165) is 23.9 Å². The third kappa shape index (κ3) is 6.52. The largest absolute Gasteiger partial charge is 0.497 e. The number of hydrogen-bond donors (Lipinski definition) is 1. The lowest BCUT2D eigenvalue weighted by atomic mass is 9.79. The standard InChI is InChI=1S/C27H29FN4O3/c1-35-22-7-9-26-24(17-22)23(10-13-29-26)25(28)8-6-19-11-15-32(18-20(19)16-27(33)34)14-3-5-21-4-2-12-30-31-21/h2,4,7,9-10,12-13,17,19-20,25H,6,8,11,14-16,18H2,1H3,(H,33,34)/t19-,20+,25-/m1/s1. The number of fused-ring (bicyclic) bond motifs is 1. The molecule has 0 spiro atoms. The number of carboxylic acids is 1. The minimum absolute atomic E-state index is 0.0407. The molecule has 0 radical (unpaired) electrons. The van der Waals surface area contributed by atoms with Gasteiger partial charge in [0.05, 0.1) is 19.2 Å². The molecule has 0 bridgehead atoms. The van der Waals surface area contributed by atoms with Crippen molar-refractivity contribution in [3.63, 3.8) is 0 Å². The maximum atomic E-state index is 15.4. The summed E-state index contributed by atoms with van der Waals surface area (Å²) < 4.78 is 20.7. The molecule has 4 rings (SSSR count). The molecule has 1 fully saturated rings. The fraction of sp³-hybridized carbons (Fsp3) is 0.407. The Morgan fingerprint density at radius 3 is 2.94 bits per heavy atom. The van der Waals surface area contributed by atoms with E-state index < -0.39 is 12.1 Å². The number of nitrogens with zero attached hydrogens (tertiary/aromatic N) is 4. The van der Waals surface area contributed by atoms with Crippen LogP contribution < -0.4 is 4.74 Å². The van der Waals surface area contributed by atoms with Crippen LogP contribution in [-0.4, -0.2) is 57.9 Å². The lowest BCUT2D eigenvalue weighted by Gasteiger charge is -2.37. The normalized spacial score (nSPS) is 19.0. The summed E-state index contributed by atoms with van der Waals surface area (Å²) in [5.41, 5.74) is 1.94. The fourth-order valence-electron chi connectivity index (χ4n) is 4.81. The van der Waals surface area contributed by atoms with Crippen LogP contribution in [0.15, 0.2) is 48.8 Å². The van der Waals surface area contributed by atoms with Gasteiger partial charge in [-0.05, 0) is 85.5 Å². The second-order valence-corrected chi connectivity index (χ2v) is 8.88. The molecule has 3 heterocycles. The van der Waals surface area contributed by atoms with Crippen LogP contribution in [0.5, 0.6) is 5.75 Å². The molecule has 2 aromatic heterocycles. The number of aromatic nitrogens is 3. The molecule has 0 unspecified atom stereocenters. The summed E-state index contributed by atoms with van der Waals surface area (Å²) in [6.45, 7) is 1.98. The van der Waals surface area contributed by atoms with Gasteiger partial charge in [-0.2, -0.15) is 5.10 Å². The Balaban J connectivity index is 1.39. The number of aliphatic carboxylic acids is 1. The molecular weight excluding hydrogens is 447 g/mol. The van der Waals surface area contributed by atoms with Gasteiger partial charge in [-0.1, -0.05) is 5.92 Å². The Kier molecular flexibility index (Phi) is 8.22. The van der Waals surface area contributed by atoms with Gasteiger partial charge in [0.1, 0.15) is 17.6 Å². The first-order valence-electron chi connectivity index (χ1n) is 11.8. The number of alkyl halides is 1. The number of likely N-dealkylation sites (tertiary alicyclic amines) is 1. The minimum atomic E-state index is -1.16. The maximum Gasteiger partial charge on any atom is 0.303 e. The van der Waals surface area contributed by atoms with E-state index in [2.05, 4.69) is 31.9 Å². The van der Waals surface area contributed by atoms with Crippen molar-refractivity contribution in [1.29, 1.82) is 0 Å². The number of ether oxygens (including phenoxy) is 1. The number of halogens is 1. The van der Waals surface area contributed by atoms with Crippen molar-refractivity contribution in [3.8, 4) is 17.6 Å². The number of piperidine rings is 1. The van der Waals surface area contributed by atoms with Crippen molar-refractivity contribution in [2.75, 3.05) is 26.7 Å². The summed E-state index contributed by atoms with van der Waals surface area (Å²) in [6, 6.07) is 10.8. The van der Waals surface area contributed by atoms with E-state index >= 15 is 4.39 Å². The van der Waals surface area contributed by atoms with E-state index in [0.29, 0.717) is 42.9 Å². The van der Waals surface area contributed by atoms with Crippen molar-refractivity contribution in [2.24, 2.45) is 11.8 Å². The monoisotopic (exact) mass is 476 g/mol. The molecule has 7 nitrogen and oxygen atoms in total. The molecular formula is C27H29FN4O3. The highest BCUT2D eigenvalue weighted by atomic mass is 19.1. The quantitative estimate of drug-likeness (QED) is 0.485. The third-order valence-electron chi connectivity index (χ3n) is 6.61. The zero-order valence-corrected chi connectivity index (χ0v) is 19.7. The molecule has 8 heteroatoms. The van der Waals surface area contributed by atoms with Crippen LogP contribution in [0.25, 0.3) is 10.9 Å². The Morgan fingerprint density at radius 2 is 2.17 bits per heavy atom. The van der Waals surface area contributed by atoms with Gasteiger partial charge < -0.3 is 9.84 Å². The smallest absolute Gasteiger partial charge is 0.303 e. The summed E-state index contributed by atoms with van der Waals surface area (Å²) in [6.07, 6.45) is 3.93. The molecule has 1 aromatic carbocycles. The minimum Gasteiger partial charge on any atom is -0.497 e. The molecule has 0 aliphatic carbocycles. The van der Waals surface area contributed by atoms with Gasteiger partial charge in [0.2, 0.25) is 0 Å². The number of hydrogen-bond acceptors (Lipinski definition) is 6. The average molecular weight is 477 g/mol. The Bertz CT molecular complexity index is 1210. The highest BCUT2D eigenvalue weighted by Crippen LogP contribution is 2.36. The second kappa shape index (κ2) is 11.7. The van der Waals surface area contributed by atoms with Crippen LogP contribution in [0, 0.1) is 23.7 Å². The Morgan fingerprint density at radius 1 is 1.29 bits per heavy atom. The Labute approximate surface area is 204 Å². The van der Waals surface area contributed by atoms with Crippen LogP contribution in [0.1, 0.15) is 43.1 Å². The molecule has 3 aromatic rings. The molecule has 1 aliphatic heterocycles. The number of pyridine rings is 1. The van der Waals surface area contributed by atoms with E-state index in [1.54, 1.807) is 37.7 Å². The zero-order chi connectivity index (χ0) is 24.6. The van der Waals surface area contributed by atoms with E-state index in [4.69, 9.17) is 4.74 Å². The highest BCUT2D eigenvalue weighted by molar-refractivity contribution is 5.83. The highest BCUT2D eigenvalue weighted by Gasteiger charge is 2.31. The first-order chi connectivity index (χ1) is 17.0. The number of carboxylic acid groups (broad SMARTS) is 1. The van der Waals surface area contributed by atoms with Gasteiger partial charge in [0.15, 0.2) is 0 Å². The van der Waals surface area contributed by atoms with Gasteiger partial charge in [-0.15, -0.1) is 5.10 Å². The fourth-order valence-corrected chi connectivity index (χ4v) is 4.81. The van der Waals surface area contributed by atoms with Crippen LogP contribution in [0.3, 0.4) is 0 Å². The lowest BCUT2D eigenvalue weighted by Crippen LogP contribution is -2.41. The van der Waals surface area contributed by atoms with Crippen LogP contribution >= 0.6 is 0 Å². The number of benzene rings is 1. The predicted molar refractivity (Wildman–Crippen MR) is 131 cm³/mol. The SMILES string of the molecule is COc1ccc2nccc([C@H](F)CC[C@@H]3CCN(CC#Cc4cccnn4)C[C@@H]3CC(=O)O)c2c1. The van der Waals surface area contributed by atoms with Crippen molar-refractivity contribution >= 4 is 16.9 Å². The number of methoxy groups -OCH3 is 1. The summed E-state index contributed by atoms with van der Waals surface area (Å²) in [5.74, 6) is 6.05. The summed E-state index contributed by atoms with van der Waals surface area (Å²) in [7, 11) is 1.58. The zero-order valence-electron chi connectivity index (χ0n) is 19.7. The lowest BCUT2D eigenvalue weighted by molar-refractivity contribution is -0.139. The van der Waals surface area contributed by atoms with Gasteiger partial charge in [-0.25, -0.2) is 4.39 Å². The number of rotatable bonds is 8.